The van der Waals surface area contributed by atoms with Crippen molar-refractivity contribution >= 4 is 21.6 Å². The summed E-state index contributed by atoms with van der Waals surface area (Å²) in [6.07, 6.45) is 2.91. The molecule has 0 radical (unpaired) electrons. The number of rotatable bonds is 4. The Hall–Kier alpha value is -0.580. The first kappa shape index (κ1) is 13.4. The number of nitrogens with zero attached hydrogens (tertiary/aromatic N) is 2. The van der Waals surface area contributed by atoms with Crippen LogP contribution in [0.4, 0.5) is 5.69 Å². The number of piperazine rings is 1. The highest BCUT2D eigenvalue weighted by atomic mass is 79.9. The molecule has 1 aromatic rings. The molecule has 0 bridgehead atoms. The molecular formula is C15H22BrN3. The summed E-state index contributed by atoms with van der Waals surface area (Å²) in [4.78, 5) is 5.16. The van der Waals surface area contributed by atoms with Gasteiger partial charge in [-0.05, 0) is 52.4 Å². The van der Waals surface area contributed by atoms with Crippen LogP contribution in [-0.4, -0.2) is 42.5 Å². The van der Waals surface area contributed by atoms with Crippen molar-refractivity contribution < 1.29 is 0 Å². The Morgan fingerprint density at radius 2 is 1.79 bits per heavy atom. The Balaban J connectivity index is 1.49. The van der Waals surface area contributed by atoms with E-state index < -0.39 is 0 Å². The van der Waals surface area contributed by atoms with Crippen LogP contribution in [0.2, 0.25) is 0 Å². The summed E-state index contributed by atoms with van der Waals surface area (Å²) >= 11 is 3.45. The third-order valence-electron chi connectivity index (χ3n) is 4.14. The standard InChI is InChI=1S/C15H22BrN3/c16-14-4-3-13(9-15(14)17)11-19-7-5-18(6-8-19)10-12-1-2-12/h3-4,9,12H,1-2,5-8,10-11,17H2. The van der Waals surface area contributed by atoms with Crippen molar-refractivity contribution in [3.63, 3.8) is 0 Å². The van der Waals surface area contributed by atoms with Crippen molar-refractivity contribution in [2.24, 2.45) is 5.92 Å². The Labute approximate surface area is 123 Å². The van der Waals surface area contributed by atoms with E-state index in [1.54, 1.807) is 0 Å². The molecule has 2 aliphatic rings. The topological polar surface area (TPSA) is 32.5 Å². The van der Waals surface area contributed by atoms with Crippen molar-refractivity contribution in [1.29, 1.82) is 0 Å². The summed E-state index contributed by atoms with van der Waals surface area (Å²) < 4.78 is 0.991. The van der Waals surface area contributed by atoms with Gasteiger partial charge in [0.1, 0.15) is 0 Å². The molecule has 0 atom stereocenters. The monoisotopic (exact) mass is 323 g/mol. The third-order valence-corrected chi connectivity index (χ3v) is 4.87. The van der Waals surface area contributed by atoms with Crippen LogP contribution in [0.5, 0.6) is 0 Å². The molecule has 1 saturated carbocycles. The van der Waals surface area contributed by atoms with E-state index in [9.17, 15) is 0 Å². The number of halogens is 1. The van der Waals surface area contributed by atoms with Gasteiger partial charge in [0.05, 0.1) is 0 Å². The maximum atomic E-state index is 5.94. The molecule has 3 rings (SSSR count). The van der Waals surface area contributed by atoms with Crippen LogP contribution < -0.4 is 5.73 Å². The van der Waals surface area contributed by atoms with Crippen molar-refractivity contribution in [1.82, 2.24) is 9.80 Å². The number of nitrogen functional groups attached to an aromatic ring is 1. The van der Waals surface area contributed by atoms with Crippen molar-refractivity contribution in [2.45, 2.75) is 19.4 Å². The van der Waals surface area contributed by atoms with Gasteiger partial charge in [-0.15, -0.1) is 0 Å². The molecule has 4 heteroatoms. The van der Waals surface area contributed by atoms with Gasteiger partial charge in [-0.3, -0.25) is 4.90 Å². The average Bonchev–Trinajstić information content (AvgIpc) is 3.20. The molecule has 1 heterocycles. The van der Waals surface area contributed by atoms with Gasteiger partial charge in [-0.2, -0.15) is 0 Å². The van der Waals surface area contributed by atoms with E-state index in [0.29, 0.717) is 0 Å². The molecule has 0 aromatic heterocycles. The second kappa shape index (κ2) is 5.81. The molecule has 2 N–H and O–H groups in total. The summed E-state index contributed by atoms with van der Waals surface area (Å²) in [5.41, 5.74) is 8.09. The molecule has 2 fully saturated rings. The molecule has 0 unspecified atom stereocenters. The minimum absolute atomic E-state index is 0.838. The van der Waals surface area contributed by atoms with E-state index in [2.05, 4.69) is 37.9 Å². The van der Waals surface area contributed by atoms with Crippen LogP contribution in [0, 0.1) is 5.92 Å². The summed E-state index contributed by atoms with van der Waals surface area (Å²) in [7, 11) is 0. The zero-order chi connectivity index (χ0) is 13.2. The summed E-state index contributed by atoms with van der Waals surface area (Å²) in [6.45, 7) is 7.17. The van der Waals surface area contributed by atoms with E-state index >= 15 is 0 Å². The number of hydrogen-bond donors (Lipinski definition) is 1. The zero-order valence-corrected chi connectivity index (χ0v) is 12.9. The number of benzene rings is 1. The normalized spacial score (nSPS) is 21.7. The van der Waals surface area contributed by atoms with Crippen molar-refractivity contribution in [3.05, 3.63) is 28.2 Å². The van der Waals surface area contributed by atoms with E-state index in [4.69, 9.17) is 5.73 Å². The third kappa shape index (κ3) is 3.71. The highest BCUT2D eigenvalue weighted by molar-refractivity contribution is 9.10. The lowest BCUT2D eigenvalue weighted by Gasteiger charge is -2.34. The van der Waals surface area contributed by atoms with Crippen LogP contribution in [0.3, 0.4) is 0 Å². The maximum Gasteiger partial charge on any atom is 0.0461 e. The molecule has 1 aromatic carbocycles. The Kier molecular flexibility index (Phi) is 4.10. The SMILES string of the molecule is Nc1cc(CN2CCN(CC3CC3)CC2)ccc1Br. The van der Waals surface area contributed by atoms with E-state index in [1.165, 1.54) is 51.1 Å². The van der Waals surface area contributed by atoms with Crippen LogP contribution in [0.15, 0.2) is 22.7 Å². The van der Waals surface area contributed by atoms with Gasteiger partial charge in [0, 0.05) is 49.4 Å². The predicted octanol–water partition coefficient (Wildman–Crippen LogP) is 2.56. The minimum Gasteiger partial charge on any atom is -0.398 e. The largest absolute Gasteiger partial charge is 0.398 e. The Bertz CT molecular complexity index is 437. The van der Waals surface area contributed by atoms with Crippen LogP contribution in [0.1, 0.15) is 18.4 Å². The summed E-state index contributed by atoms with van der Waals surface area (Å²) in [6, 6.07) is 6.30. The number of anilines is 1. The molecule has 3 nitrogen and oxygen atoms in total. The lowest BCUT2D eigenvalue weighted by atomic mass is 10.1. The first-order valence-corrected chi connectivity index (χ1v) is 7.98. The van der Waals surface area contributed by atoms with E-state index in [-0.39, 0.29) is 0 Å². The second-order valence-corrected chi connectivity index (χ2v) is 6.73. The van der Waals surface area contributed by atoms with Crippen LogP contribution >= 0.6 is 15.9 Å². The van der Waals surface area contributed by atoms with E-state index in [0.717, 1.165) is 22.6 Å². The highest BCUT2D eigenvalue weighted by Crippen LogP contribution is 2.30. The fourth-order valence-corrected chi connectivity index (χ4v) is 2.99. The molecule has 104 valence electrons. The summed E-state index contributed by atoms with van der Waals surface area (Å²) in [5, 5.41) is 0. The van der Waals surface area contributed by atoms with Crippen LogP contribution in [0.25, 0.3) is 0 Å². The van der Waals surface area contributed by atoms with Gasteiger partial charge in [0.15, 0.2) is 0 Å². The Morgan fingerprint density at radius 1 is 1.11 bits per heavy atom. The first-order valence-electron chi connectivity index (χ1n) is 7.19. The number of nitrogens with two attached hydrogens (primary N) is 1. The number of hydrogen-bond acceptors (Lipinski definition) is 3. The lowest BCUT2D eigenvalue weighted by Crippen LogP contribution is -2.46. The highest BCUT2D eigenvalue weighted by Gasteiger charge is 2.26. The minimum atomic E-state index is 0.838. The Morgan fingerprint density at radius 3 is 2.42 bits per heavy atom. The molecular weight excluding hydrogens is 302 g/mol. The lowest BCUT2D eigenvalue weighted by molar-refractivity contribution is 0.123. The maximum absolute atomic E-state index is 5.94. The second-order valence-electron chi connectivity index (χ2n) is 5.88. The van der Waals surface area contributed by atoms with Crippen molar-refractivity contribution in [2.75, 3.05) is 38.5 Å². The van der Waals surface area contributed by atoms with Gasteiger partial charge in [-0.25, -0.2) is 0 Å². The molecule has 0 spiro atoms. The first-order chi connectivity index (χ1) is 9.20. The molecule has 1 saturated heterocycles. The van der Waals surface area contributed by atoms with Crippen molar-refractivity contribution in [3.8, 4) is 0 Å². The smallest absolute Gasteiger partial charge is 0.0461 e. The van der Waals surface area contributed by atoms with Crippen LogP contribution in [-0.2, 0) is 6.54 Å². The van der Waals surface area contributed by atoms with E-state index in [1.807, 2.05) is 6.07 Å². The molecule has 0 amide bonds. The van der Waals surface area contributed by atoms with Gasteiger partial charge in [-0.1, -0.05) is 6.07 Å². The van der Waals surface area contributed by atoms with Gasteiger partial charge < -0.3 is 10.6 Å². The fraction of sp³-hybridized carbons (Fsp3) is 0.600. The van der Waals surface area contributed by atoms with Gasteiger partial charge in [0.25, 0.3) is 0 Å². The fourth-order valence-electron chi connectivity index (χ4n) is 2.75. The summed E-state index contributed by atoms with van der Waals surface area (Å²) in [5.74, 6) is 1.01. The quantitative estimate of drug-likeness (QED) is 0.864. The molecule has 19 heavy (non-hydrogen) atoms. The average molecular weight is 324 g/mol. The molecule has 1 aliphatic heterocycles. The predicted molar refractivity (Wildman–Crippen MR) is 83.0 cm³/mol. The van der Waals surface area contributed by atoms with Gasteiger partial charge >= 0.3 is 0 Å². The van der Waals surface area contributed by atoms with Gasteiger partial charge in [0.2, 0.25) is 0 Å². The zero-order valence-electron chi connectivity index (χ0n) is 11.3. The molecule has 1 aliphatic carbocycles.